The van der Waals surface area contributed by atoms with Crippen molar-refractivity contribution >= 4 is 43.7 Å². The second-order valence-corrected chi connectivity index (χ2v) is 5.94. The number of unbranched alkanes of at least 4 members (excludes halogenated alkanes) is 1. The van der Waals surface area contributed by atoms with Gasteiger partial charge in [-0.15, -0.1) is 0 Å². The Morgan fingerprint density at radius 3 is 2.58 bits per heavy atom. The van der Waals surface area contributed by atoms with Gasteiger partial charge in [0.05, 0.1) is 12.1 Å². The number of hydrogen-bond acceptors (Lipinski definition) is 2. The van der Waals surface area contributed by atoms with Gasteiger partial charge >= 0.3 is 0 Å². The molecule has 2 amide bonds. The zero-order valence-corrected chi connectivity index (χ0v) is 13.8. The van der Waals surface area contributed by atoms with Crippen LogP contribution in [0, 0.1) is 0 Å². The Bertz CT molecular complexity index is 478. The predicted molar refractivity (Wildman–Crippen MR) is 81.8 cm³/mol. The molecule has 0 heterocycles. The second-order valence-electron chi connectivity index (χ2n) is 4.17. The van der Waals surface area contributed by atoms with E-state index in [9.17, 15) is 9.59 Å². The number of primary amides is 1. The Morgan fingerprint density at radius 2 is 2.00 bits per heavy atom. The van der Waals surface area contributed by atoms with Crippen LogP contribution in [-0.4, -0.2) is 29.8 Å². The maximum absolute atomic E-state index is 12.4. The number of nitrogens with two attached hydrogens (primary N) is 1. The lowest BCUT2D eigenvalue weighted by atomic mass is 10.2. The normalized spacial score (nSPS) is 10.3. The van der Waals surface area contributed by atoms with Crippen LogP contribution in [0.4, 0.5) is 0 Å². The van der Waals surface area contributed by atoms with E-state index in [1.807, 2.05) is 13.0 Å². The fourth-order valence-electron chi connectivity index (χ4n) is 1.62. The van der Waals surface area contributed by atoms with E-state index in [2.05, 4.69) is 31.9 Å². The van der Waals surface area contributed by atoms with E-state index in [0.717, 1.165) is 17.3 Å². The number of halogens is 2. The minimum absolute atomic E-state index is 0.0578. The van der Waals surface area contributed by atoms with Crippen molar-refractivity contribution in [1.82, 2.24) is 4.90 Å². The van der Waals surface area contributed by atoms with Gasteiger partial charge in [0.25, 0.3) is 5.91 Å². The van der Waals surface area contributed by atoms with E-state index >= 15 is 0 Å². The zero-order valence-electron chi connectivity index (χ0n) is 10.7. The highest BCUT2D eigenvalue weighted by Gasteiger charge is 2.19. The van der Waals surface area contributed by atoms with Crippen molar-refractivity contribution in [2.75, 3.05) is 13.1 Å². The van der Waals surface area contributed by atoms with E-state index in [-0.39, 0.29) is 12.5 Å². The molecule has 0 bridgehead atoms. The maximum atomic E-state index is 12.4. The molecular formula is C13H16Br2N2O2. The lowest BCUT2D eigenvalue weighted by Crippen LogP contribution is -2.39. The summed E-state index contributed by atoms with van der Waals surface area (Å²) in [6.45, 7) is 2.50. The van der Waals surface area contributed by atoms with Crippen molar-refractivity contribution in [2.24, 2.45) is 5.73 Å². The van der Waals surface area contributed by atoms with Crippen molar-refractivity contribution in [3.63, 3.8) is 0 Å². The van der Waals surface area contributed by atoms with Crippen LogP contribution in [0.2, 0.25) is 0 Å². The van der Waals surface area contributed by atoms with Crippen LogP contribution in [0.25, 0.3) is 0 Å². The average molecular weight is 392 g/mol. The lowest BCUT2D eigenvalue weighted by Gasteiger charge is -2.21. The molecule has 0 spiro atoms. The molecule has 0 aromatic heterocycles. The van der Waals surface area contributed by atoms with Crippen molar-refractivity contribution in [3.8, 4) is 0 Å². The smallest absolute Gasteiger partial charge is 0.255 e. The number of amides is 2. The summed E-state index contributed by atoms with van der Waals surface area (Å²) in [5.41, 5.74) is 5.72. The summed E-state index contributed by atoms with van der Waals surface area (Å²) in [4.78, 5) is 25.0. The van der Waals surface area contributed by atoms with E-state index in [0.29, 0.717) is 16.6 Å². The molecule has 6 heteroatoms. The first-order chi connectivity index (χ1) is 8.95. The maximum Gasteiger partial charge on any atom is 0.255 e. The molecule has 0 atom stereocenters. The molecule has 4 nitrogen and oxygen atoms in total. The molecule has 0 aliphatic rings. The third-order valence-corrected chi connectivity index (χ3v) is 3.76. The minimum atomic E-state index is -0.504. The molecule has 1 aromatic carbocycles. The van der Waals surface area contributed by atoms with Crippen LogP contribution in [0.15, 0.2) is 27.1 Å². The molecule has 1 rings (SSSR count). The van der Waals surface area contributed by atoms with Gasteiger partial charge in [-0.3, -0.25) is 9.59 Å². The number of carbonyl (C=O) groups excluding carboxylic acids is 2. The fraction of sp³-hybridized carbons (Fsp3) is 0.385. The third kappa shape index (κ3) is 4.95. The molecule has 1 aromatic rings. The van der Waals surface area contributed by atoms with Gasteiger partial charge in [0.2, 0.25) is 5.91 Å². The Labute approximate surface area is 129 Å². The zero-order chi connectivity index (χ0) is 14.4. The van der Waals surface area contributed by atoms with Gasteiger partial charge < -0.3 is 10.6 Å². The molecule has 2 N–H and O–H groups in total. The molecule has 19 heavy (non-hydrogen) atoms. The lowest BCUT2D eigenvalue weighted by molar-refractivity contribution is -0.118. The summed E-state index contributed by atoms with van der Waals surface area (Å²) < 4.78 is 1.51. The Hall–Kier alpha value is -0.880. The van der Waals surface area contributed by atoms with E-state index < -0.39 is 5.91 Å². The molecule has 0 fully saturated rings. The Morgan fingerprint density at radius 1 is 1.32 bits per heavy atom. The molecule has 0 unspecified atom stereocenters. The summed E-state index contributed by atoms with van der Waals surface area (Å²) in [5, 5.41) is 0. The molecule has 104 valence electrons. The van der Waals surface area contributed by atoms with Crippen molar-refractivity contribution in [1.29, 1.82) is 0 Å². The third-order valence-electron chi connectivity index (χ3n) is 2.57. The Kier molecular flexibility index (Phi) is 6.51. The van der Waals surface area contributed by atoms with Gasteiger partial charge in [-0.1, -0.05) is 29.3 Å². The summed E-state index contributed by atoms with van der Waals surface area (Å²) in [6.07, 6.45) is 1.78. The van der Waals surface area contributed by atoms with Gasteiger partial charge in [0, 0.05) is 15.5 Å². The first kappa shape index (κ1) is 16.2. The van der Waals surface area contributed by atoms with Gasteiger partial charge in [0.15, 0.2) is 0 Å². The van der Waals surface area contributed by atoms with Gasteiger partial charge in [-0.05, 0) is 40.5 Å². The monoisotopic (exact) mass is 390 g/mol. The summed E-state index contributed by atoms with van der Waals surface area (Å²) >= 11 is 6.68. The van der Waals surface area contributed by atoms with E-state index in [4.69, 9.17) is 5.73 Å². The SMILES string of the molecule is CCCCN(CC(N)=O)C(=O)c1cc(Br)ccc1Br. The summed E-state index contributed by atoms with van der Waals surface area (Å²) in [6, 6.07) is 5.36. The van der Waals surface area contributed by atoms with Gasteiger partial charge in [-0.2, -0.15) is 0 Å². The highest BCUT2D eigenvalue weighted by atomic mass is 79.9. The van der Waals surface area contributed by atoms with Crippen molar-refractivity contribution in [2.45, 2.75) is 19.8 Å². The van der Waals surface area contributed by atoms with Gasteiger partial charge in [0.1, 0.15) is 0 Å². The molecule has 0 saturated heterocycles. The first-order valence-electron chi connectivity index (χ1n) is 5.98. The molecule has 0 radical (unpaired) electrons. The van der Waals surface area contributed by atoms with Gasteiger partial charge in [-0.25, -0.2) is 0 Å². The number of rotatable bonds is 6. The van der Waals surface area contributed by atoms with E-state index in [1.54, 1.807) is 12.1 Å². The number of hydrogen-bond donors (Lipinski definition) is 1. The summed E-state index contributed by atoms with van der Waals surface area (Å²) in [5.74, 6) is -0.698. The number of benzene rings is 1. The topological polar surface area (TPSA) is 63.4 Å². The first-order valence-corrected chi connectivity index (χ1v) is 7.57. The fourth-order valence-corrected chi connectivity index (χ4v) is 2.40. The quantitative estimate of drug-likeness (QED) is 0.810. The van der Waals surface area contributed by atoms with E-state index in [1.165, 1.54) is 4.90 Å². The molecule has 0 saturated carbocycles. The van der Waals surface area contributed by atoms with Crippen LogP contribution in [0.5, 0.6) is 0 Å². The Balaban J connectivity index is 2.97. The van der Waals surface area contributed by atoms with Crippen LogP contribution in [0.3, 0.4) is 0 Å². The highest BCUT2D eigenvalue weighted by molar-refractivity contribution is 9.11. The van der Waals surface area contributed by atoms with Crippen LogP contribution in [-0.2, 0) is 4.79 Å². The molecule has 0 aliphatic heterocycles. The molecular weight excluding hydrogens is 376 g/mol. The van der Waals surface area contributed by atoms with Crippen molar-refractivity contribution in [3.05, 3.63) is 32.7 Å². The highest BCUT2D eigenvalue weighted by Crippen LogP contribution is 2.23. The van der Waals surface area contributed by atoms with Crippen LogP contribution < -0.4 is 5.73 Å². The number of carbonyl (C=O) groups is 2. The summed E-state index contributed by atoms with van der Waals surface area (Å²) in [7, 11) is 0. The van der Waals surface area contributed by atoms with Crippen LogP contribution in [0.1, 0.15) is 30.1 Å². The average Bonchev–Trinajstić information content (AvgIpc) is 2.36. The second kappa shape index (κ2) is 7.65. The predicted octanol–water partition coefficient (Wildman–Crippen LogP) is 2.94. The minimum Gasteiger partial charge on any atom is -0.368 e. The largest absolute Gasteiger partial charge is 0.368 e. The number of nitrogens with zero attached hydrogens (tertiary/aromatic N) is 1. The molecule has 0 aliphatic carbocycles. The standard InChI is InChI=1S/C13H16Br2N2O2/c1-2-3-6-17(8-12(16)18)13(19)10-7-9(14)4-5-11(10)15/h4-5,7H,2-3,6,8H2,1H3,(H2,16,18). The van der Waals surface area contributed by atoms with Crippen molar-refractivity contribution < 1.29 is 9.59 Å². The van der Waals surface area contributed by atoms with Crippen LogP contribution >= 0.6 is 31.9 Å².